The van der Waals surface area contributed by atoms with Crippen molar-refractivity contribution in [3.05, 3.63) is 59.7 Å². The number of para-hydroxylation sites is 1. The van der Waals surface area contributed by atoms with Gasteiger partial charge in [0.1, 0.15) is 5.75 Å². The SMILES string of the molecule is CCOC(=O)c1ccccc1NC(=O)C(C)Oc1cccc(C)c1. The lowest BCUT2D eigenvalue weighted by atomic mass is 10.1. The number of hydrogen-bond donors (Lipinski definition) is 1. The third-order valence-electron chi connectivity index (χ3n) is 3.35. The Labute approximate surface area is 141 Å². The number of carbonyl (C=O) groups excluding carboxylic acids is 2. The van der Waals surface area contributed by atoms with Gasteiger partial charge in [0.05, 0.1) is 17.9 Å². The van der Waals surface area contributed by atoms with Crippen LogP contribution in [0.1, 0.15) is 29.8 Å². The van der Waals surface area contributed by atoms with Crippen molar-refractivity contribution in [3.63, 3.8) is 0 Å². The van der Waals surface area contributed by atoms with Gasteiger partial charge in [-0.1, -0.05) is 24.3 Å². The zero-order valence-electron chi connectivity index (χ0n) is 14.0. The van der Waals surface area contributed by atoms with E-state index in [2.05, 4.69) is 5.32 Å². The van der Waals surface area contributed by atoms with Crippen LogP contribution in [0.5, 0.6) is 5.75 Å². The highest BCUT2D eigenvalue weighted by atomic mass is 16.5. The second kappa shape index (κ2) is 8.15. The van der Waals surface area contributed by atoms with E-state index in [4.69, 9.17) is 9.47 Å². The molecule has 1 N–H and O–H groups in total. The quantitative estimate of drug-likeness (QED) is 0.824. The third kappa shape index (κ3) is 4.59. The van der Waals surface area contributed by atoms with Gasteiger partial charge in [0.2, 0.25) is 0 Å². The van der Waals surface area contributed by atoms with Crippen LogP contribution in [0.15, 0.2) is 48.5 Å². The van der Waals surface area contributed by atoms with Crippen molar-refractivity contribution in [2.45, 2.75) is 26.9 Å². The summed E-state index contributed by atoms with van der Waals surface area (Å²) in [6.07, 6.45) is -0.706. The van der Waals surface area contributed by atoms with Gasteiger partial charge in [-0.2, -0.15) is 0 Å². The summed E-state index contributed by atoms with van der Waals surface area (Å²) >= 11 is 0. The number of anilines is 1. The highest BCUT2D eigenvalue weighted by molar-refractivity contribution is 6.02. The summed E-state index contributed by atoms with van der Waals surface area (Å²) in [6.45, 7) is 5.61. The third-order valence-corrected chi connectivity index (χ3v) is 3.35. The fourth-order valence-electron chi connectivity index (χ4n) is 2.16. The molecule has 0 aliphatic rings. The highest BCUT2D eigenvalue weighted by Crippen LogP contribution is 2.18. The first kappa shape index (κ1) is 17.5. The average molecular weight is 327 g/mol. The van der Waals surface area contributed by atoms with E-state index >= 15 is 0 Å². The fraction of sp³-hybridized carbons (Fsp3) is 0.263. The van der Waals surface area contributed by atoms with Crippen LogP contribution < -0.4 is 10.1 Å². The van der Waals surface area contributed by atoms with Crippen molar-refractivity contribution in [1.82, 2.24) is 0 Å². The first-order valence-electron chi connectivity index (χ1n) is 7.81. The molecule has 0 radical (unpaired) electrons. The van der Waals surface area contributed by atoms with E-state index in [1.807, 2.05) is 25.1 Å². The normalized spacial score (nSPS) is 11.5. The number of ether oxygens (including phenoxy) is 2. The Hall–Kier alpha value is -2.82. The zero-order chi connectivity index (χ0) is 17.5. The predicted octanol–water partition coefficient (Wildman–Crippen LogP) is 3.58. The Kier molecular flexibility index (Phi) is 5.95. The molecule has 0 spiro atoms. The number of hydrogen-bond acceptors (Lipinski definition) is 4. The molecule has 0 heterocycles. The van der Waals surface area contributed by atoms with Gasteiger partial charge in [-0.25, -0.2) is 4.79 Å². The molecule has 126 valence electrons. The summed E-state index contributed by atoms with van der Waals surface area (Å²) in [5.41, 5.74) is 1.77. The molecule has 0 aliphatic heterocycles. The van der Waals surface area contributed by atoms with Gasteiger partial charge in [-0.05, 0) is 50.6 Å². The van der Waals surface area contributed by atoms with Crippen LogP contribution >= 0.6 is 0 Å². The molecule has 0 fully saturated rings. The zero-order valence-corrected chi connectivity index (χ0v) is 14.0. The van der Waals surface area contributed by atoms with Crippen molar-refractivity contribution in [3.8, 4) is 5.75 Å². The number of rotatable bonds is 6. The van der Waals surface area contributed by atoms with Crippen molar-refractivity contribution in [2.24, 2.45) is 0 Å². The maximum atomic E-state index is 12.3. The lowest BCUT2D eigenvalue weighted by molar-refractivity contribution is -0.122. The highest BCUT2D eigenvalue weighted by Gasteiger charge is 2.18. The Morgan fingerprint density at radius 1 is 1.12 bits per heavy atom. The van der Waals surface area contributed by atoms with Gasteiger partial charge in [0.15, 0.2) is 6.10 Å². The van der Waals surface area contributed by atoms with Gasteiger partial charge in [-0.15, -0.1) is 0 Å². The molecule has 1 atom stereocenters. The number of benzene rings is 2. The first-order valence-corrected chi connectivity index (χ1v) is 7.81. The summed E-state index contributed by atoms with van der Waals surface area (Å²) in [4.78, 5) is 24.3. The molecule has 2 aromatic rings. The van der Waals surface area contributed by atoms with E-state index in [0.717, 1.165) is 5.56 Å². The minimum atomic E-state index is -0.706. The van der Waals surface area contributed by atoms with Crippen LogP contribution in [-0.4, -0.2) is 24.6 Å². The van der Waals surface area contributed by atoms with E-state index in [1.54, 1.807) is 44.2 Å². The minimum Gasteiger partial charge on any atom is -0.481 e. The fourth-order valence-corrected chi connectivity index (χ4v) is 2.16. The molecule has 0 saturated heterocycles. The monoisotopic (exact) mass is 327 g/mol. The van der Waals surface area contributed by atoms with Gasteiger partial charge in [0, 0.05) is 0 Å². The molecular weight excluding hydrogens is 306 g/mol. The summed E-state index contributed by atoms with van der Waals surface area (Å²) in [6, 6.07) is 14.2. The van der Waals surface area contributed by atoms with Gasteiger partial charge in [-0.3, -0.25) is 4.79 Å². The Morgan fingerprint density at radius 3 is 2.58 bits per heavy atom. The number of amides is 1. The second-order valence-corrected chi connectivity index (χ2v) is 5.33. The lowest BCUT2D eigenvalue weighted by Crippen LogP contribution is -2.30. The van der Waals surface area contributed by atoms with Crippen LogP contribution in [0.4, 0.5) is 5.69 Å². The number of nitrogens with one attached hydrogen (secondary N) is 1. The first-order chi connectivity index (χ1) is 11.5. The molecule has 1 amide bonds. The standard InChI is InChI=1S/C19H21NO4/c1-4-23-19(22)16-10-5-6-11-17(16)20-18(21)14(3)24-15-9-7-8-13(2)12-15/h5-12,14H,4H2,1-3H3,(H,20,21). The number of aryl methyl sites for hydroxylation is 1. The Balaban J connectivity index is 2.08. The summed E-state index contributed by atoms with van der Waals surface area (Å²) in [5.74, 6) is -0.190. The van der Waals surface area contributed by atoms with E-state index in [-0.39, 0.29) is 12.5 Å². The Bertz CT molecular complexity index is 727. The predicted molar refractivity (Wildman–Crippen MR) is 92.3 cm³/mol. The molecule has 0 bridgehead atoms. The maximum absolute atomic E-state index is 12.3. The van der Waals surface area contributed by atoms with Crippen LogP contribution in [0, 0.1) is 6.92 Å². The van der Waals surface area contributed by atoms with Gasteiger partial charge >= 0.3 is 5.97 Å². The van der Waals surface area contributed by atoms with E-state index in [9.17, 15) is 9.59 Å². The van der Waals surface area contributed by atoms with Crippen molar-refractivity contribution in [1.29, 1.82) is 0 Å². The Morgan fingerprint density at radius 2 is 1.88 bits per heavy atom. The van der Waals surface area contributed by atoms with Crippen LogP contribution in [0.3, 0.4) is 0 Å². The number of carbonyl (C=O) groups is 2. The molecule has 0 aromatic heterocycles. The lowest BCUT2D eigenvalue weighted by Gasteiger charge is -2.16. The molecule has 1 unspecified atom stereocenters. The molecule has 2 aromatic carbocycles. The average Bonchev–Trinajstić information content (AvgIpc) is 2.55. The summed E-state index contributed by atoms with van der Waals surface area (Å²) < 4.78 is 10.6. The van der Waals surface area contributed by atoms with Crippen LogP contribution in [0.25, 0.3) is 0 Å². The molecule has 0 aliphatic carbocycles. The molecule has 5 nitrogen and oxygen atoms in total. The van der Waals surface area contributed by atoms with Gasteiger partial charge in [0.25, 0.3) is 5.91 Å². The maximum Gasteiger partial charge on any atom is 0.340 e. The van der Waals surface area contributed by atoms with E-state index in [1.165, 1.54) is 0 Å². The van der Waals surface area contributed by atoms with Crippen molar-refractivity contribution in [2.75, 3.05) is 11.9 Å². The van der Waals surface area contributed by atoms with Crippen molar-refractivity contribution < 1.29 is 19.1 Å². The van der Waals surface area contributed by atoms with Gasteiger partial charge < -0.3 is 14.8 Å². The molecule has 2 rings (SSSR count). The van der Waals surface area contributed by atoms with Crippen molar-refractivity contribution >= 4 is 17.6 Å². The van der Waals surface area contributed by atoms with E-state index in [0.29, 0.717) is 17.0 Å². The topological polar surface area (TPSA) is 64.6 Å². The second-order valence-electron chi connectivity index (χ2n) is 5.33. The smallest absolute Gasteiger partial charge is 0.340 e. The molecule has 5 heteroatoms. The largest absolute Gasteiger partial charge is 0.481 e. The minimum absolute atomic E-state index is 0.272. The summed E-state index contributed by atoms with van der Waals surface area (Å²) in [7, 11) is 0. The molecule has 24 heavy (non-hydrogen) atoms. The molecular formula is C19H21NO4. The summed E-state index contributed by atoms with van der Waals surface area (Å²) in [5, 5.41) is 2.72. The van der Waals surface area contributed by atoms with Crippen LogP contribution in [-0.2, 0) is 9.53 Å². The number of esters is 1. The van der Waals surface area contributed by atoms with E-state index < -0.39 is 12.1 Å². The van der Waals surface area contributed by atoms with Crippen LogP contribution in [0.2, 0.25) is 0 Å². The molecule has 0 saturated carbocycles.